The number of nitrogens with two attached hydrogens (primary N) is 1. The van der Waals surface area contributed by atoms with Gasteiger partial charge in [0.2, 0.25) is 0 Å². The molecule has 1 unspecified atom stereocenters. The third-order valence-electron chi connectivity index (χ3n) is 1.97. The molecule has 0 bridgehead atoms. The molecule has 1 atom stereocenters. The highest BCUT2D eigenvalue weighted by atomic mass is 35.5. The van der Waals surface area contributed by atoms with Crippen molar-refractivity contribution in [2.24, 2.45) is 5.73 Å². The van der Waals surface area contributed by atoms with E-state index in [1.807, 2.05) is 0 Å². The summed E-state index contributed by atoms with van der Waals surface area (Å²) in [5.41, 5.74) is 5.56. The molecule has 1 aromatic rings. The molecule has 94 valence electrons. The van der Waals surface area contributed by atoms with Gasteiger partial charge in [0, 0.05) is 5.02 Å². The van der Waals surface area contributed by atoms with Crippen LogP contribution < -0.4 is 10.5 Å². The van der Waals surface area contributed by atoms with Gasteiger partial charge in [-0.2, -0.15) is 13.2 Å². The summed E-state index contributed by atoms with van der Waals surface area (Å²) in [5.74, 6) is -0.0354. The smallest absolute Gasteiger partial charge is 0.425 e. The van der Waals surface area contributed by atoms with Crippen LogP contribution in [0.2, 0.25) is 5.02 Å². The maximum absolute atomic E-state index is 12.3. The van der Waals surface area contributed by atoms with E-state index in [-0.39, 0.29) is 16.3 Å². The Labute approximate surface area is 107 Å². The molecule has 2 nitrogen and oxygen atoms in total. The van der Waals surface area contributed by atoms with E-state index < -0.39 is 12.3 Å². The molecule has 1 rings (SSSR count). The molecule has 0 aliphatic rings. The first kappa shape index (κ1) is 14.1. The van der Waals surface area contributed by atoms with Gasteiger partial charge in [0.1, 0.15) is 10.7 Å². The topological polar surface area (TPSA) is 35.2 Å². The van der Waals surface area contributed by atoms with Crippen molar-refractivity contribution in [3.05, 3.63) is 28.8 Å². The van der Waals surface area contributed by atoms with E-state index in [0.29, 0.717) is 5.02 Å². The minimum atomic E-state index is -4.45. The van der Waals surface area contributed by atoms with Crippen molar-refractivity contribution in [1.29, 1.82) is 0 Å². The molecule has 0 fully saturated rings. The highest BCUT2D eigenvalue weighted by molar-refractivity contribution is 7.80. The lowest BCUT2D eigenvalue weighted by Crippen LogP contribution is -2.31. The monoisotopic (exact) mass is 283 g/mol. The molecular formula is C10H9ClF3NOS. The van der Waals surface area contributed by atoms with E-state index in [1.165, 1.54) is 18.2 Å². The maximum Gasteiger partial charge on any atom is 0.425 e. The van der Waals surface area contributed by atoms with Gasteiger partial charge in [0.15, 0.2) is 6.10 Å². The van der Waals surface area contributed by atoms with Gasteiger partial charge in [-0.1, -0.05) is 23.8 Å². The summed E-state index contributed by atoms with van der Waals surface area (Å²) in [7, 11) is 0. The van der Waals surface area contributed by atoms with Crippen LogP contribution in [0.5, 0.6) is 5.75 Å². The van der Waals surface area contributed by atoms with Crippen LogP contribution in [0.15, 0.2) is 18.2 Å². The minimum Gasteiger partial charge on any atom is -0.481 e. The van der Waals surface area contributed by atoms with E-state index >= 15 is 0 Å². The molecule has 0 aliphatic carbocycles. The predicted molar refractivity (Wildman–Crippen MR) is 63.5 cm³/mol. The van der Waals surface area contributed by atoms with Crippen LogP contribution in [-0.4, -0.2) is 17.3 Å². The summed E-state index contributed by atoms with van der Waals surface area (Å²) in [6.45, 7) is 0.901. The van der Waals surface area contributed by atoms with Gasteiger partial charge >= 0.3 is 6.18 Å². The zero-order valence-electron chi connectivity index (χ0n) is 8.72. The van der Waals surface area contributed by atoms with E-state index in [9.17, 15) is 13.2 Å². The van der Waals surface area contributed by atoms with Crippen LogP contribution in [0, 0.1) is 0 Å². The molecule has 0 aliphatic heterocycles. The summed E-state index contributed by atoms with van der Waals surface area (Å²) in [4.78, 5) is -0.0723. The number of hydrogen-bond acceptors (Lipinski definition) is 2. The zero-order chi connectivity index (χ0) is 13.2. The van der Waals surface area contributed by atoms with Gasteiger partial charge in [-0.25, -0.2) is 0 Å². The van der Waals surface area contributed by atoms with Crippen molar-refractivity contribution in [3.63, 3.8) is 0 Å². The second kappa shape index (κ2) is 5.10. The van der Waals surface area contributed by atoms with Crippen LogP contribution in [0.1, 0.15) is 12.5 Å². The first-order chi connectivity index (χ1) is 7.71. The van der Waals surface area contributed by atoms with Crippen LogP contribution in [0.25, 0.3) is 0 Å². The average Bonchev–Trinajstić information content (AvgIpc) is 2.18. The van der Waals surface area contributed by atoms with E-state index in [2.05, 4.69) is 0 Å². The lowest BCUT2D eigenvalue weighted by molar-refractivity contribution is -0.189. The molecular weight excluding hydrogens is 275 g/mol. The van der Waals surface area contributed by atoms with Gasteiger partial charge in [-0.05, 0) is 25.1 Å². The predicted octanol–water partition coefficient (Wildman–Crippen LogP) is 3.30. The van der Waals surface area contributed by atoms with E-state index in [0.717, 1.165) is 6.92 Å². The standard InChI is InChI=1S/C10H9ClF3NOS/c1-5(10(12,13)14)16-8-3-2-6(11)4-7(8)9(15)17/h2-5H,1H3,(H2,15,17). The van der Waals surface area contributed by atoms with Gasteiger partial charge < -0.3 is 10.5 Å². The highest BCUT2D eigenvalue weighted by Gasteiger charge is 2.38. The normalized spacial score (nSPS) is 13.2. The molecule has 1 aromatic carbocycles. The van der Waals surface area contributed by atoms with Crippen molar-refractivity contribution in [1.82, 2.24) is 0 Å². The number of alkyl halides is 3. The third-order valence-corrected chi connectivity index (χ3v) is 2.43. The molecule has 0 aromatic heterocycles. The number of rotatable bonds is 3. The fourth-order valence-electron chi connectivity index (χ4n) is 1.05. The second-order valence-electron chi connectivity index (χ2n) is 3.31. The fraction of sp³-hybridized carbons (Fsp3) is 0.300. The van der Waals surface area contributed by atoms with Gasteiger partial charge in [0.05, 0.1) is 5.56 Å². The number of benzene rings is 1. The zero-order valence-corrected chi connectivity index (χ0v) is 10.3. The lowest BCUT2D eigenvalue weighted by atomic mass is 10.2. The summed E-state index contributed by atoms with van der Waals surface area (Å²) in [6, 6.07) is 4.07. The summed E-state index contributed by atoms with van der Waals surface area (Å²) >= 11 is 10.4. The Morgan fingerprint density at radius 3 is 2.53 bits per heavy atom. The Morgan fingerprint density at radius 1 is 1.47 bits per heavy atom. The lowest BCUT2D eigenvalue weighted by Gasteiger charge is -2.19. The third kappa shape index (κ3) is 3.74. The molecule has 0 saturated carbocycles. The van der Waals surface area contributed by atoms with Crippen molar-refractivity contribution in [2.75, 3.05) is 0 Å². The fourth-order valence-corrected chi connectivity index (χ4v) is 1.39. The van der Waals surface area contributed by atoms with Crippen LogP contribution in [0.3, 0.4) is 0 Å². The van der Waals surface area contributed by atoms with E-state index in [1.54, 1.807) is 0 Å². The van der Waals surface area contributed by atoms with Crippen LogP contribution in [-0.2, 0) is 0 Å². The van der Waals surface area contributed by atoms with Gasteiger partial charge in [0.25, 0.3) is 0 Å². The summed E-state index contributed by atoms with van der Waals surface area (Å²) in [5, 5.41) is 0.319. The molecule has 0 amide bonds. The van der Waals surface area contributed by atoms with Gasteiger partial charge in [-0.15, -0.1) is 0 Å². The second-order valence-corrected chi connectivity index (χ2v) is 4.18. The number of halogens is 4. The van der Waals surface area contributed by atoms with Crippen molar-refractivity contribution >= 4 is 28.8 Å². The molecule has 0 spiro atoms. The van der Waals surface area contributed by atoms with Crippen molar-refractivity contribution < 1.29 is 17.9 Å². The van der Waals surface area contributed by atoms with Crippen molar-refractivity contribution in [2.45, 2.75) is 19.2 Å². The largest absolute Gasteiger partial charge is 0.481 e. The van der Waals surface area contributed by atoms with Crippen LogP contribution >= 0.6 is 23.8 Å². The molecule has 0 heterocycles. The Bertz CT molecular complexity index is 436. The number of ether oxygens (including phenoxy) is 1. The minimum absolute atomic E-state index is 0.0354. The summed E-state index contributed by atoms with van der Waals surface area (Å²) in [6.07, 6.45) is -6.40. The quantitative estimate of drug-likeness (QED) is 0.865. The Balaban J connectivity index is 3.03. The Morgan fingerprint density at radius 2 is 2.06 bits per heavy atom. The maximum atomic E-state index is 12.3. The van der Waals surface area contributed by atoms with E-state index in [4.69, 9.17) is 34.3 Å². The Kier molecular flexibility index (Phi) is 4.21. The van der Waals surface area contributed by atoms with Crippen LogP contribution in [0.4, 0.5) is 13.2 Å². The first-order valence-electron chi connectivity index (χ1n) is 4.54. The Hall–Kier alpha value is -1.01. The molecule has 17 heavy (non-hydrogen) atoms. The SMILES string of the molecule is CC(Oc1ccc(Cl)cc1C(N)=S)C(F)(F)F. The first-order valence-corrected chi connectivity index (χ1v) is 5.33. The number of thiocarbonyl (C=S) groups is 1. The molecule has 2 N–H and O–H groups in total. The number of hydrogen-bond donors (Lipinski definition) is 1. The average molecular weight is 284 g/mol. The van der Waals surface area contributed by atoms with Gasteiger partial charge in [-0.3, -0.25) is 0 Å². The molecule has 0 saturated heterocycles. The highest BCUT2D eigenvalue weighted by Crippen LogP contribution is 2.28. The molecule has 7 heteroatoms. The van der Waals surface area contributed by atoms with Crippen molar-refractivity contribution in [3.8, 4) is 5.75 Å². The summed E-state index contributed by atoms with van der Waals surface area (Å²) < 4.78 is 41.8. The molecule has 0 radical (unpaired) electrons.